The molecule has 3 heteroatoms. The van der Waals surface area contributed by atoms with Gasteiger partial charge in [0.05, 0.1) is 5.69 Å². The molecule has 0 amide bonds. The first-order valence-corrected chi connectivity index (χ1v) is 8.09. The van der Waals surface area contributed by atoms with E-state index in [1.165, 1.54) is 10.8 Å². The van der Waals surface area contributed by atoms with Crippen molar-refractivity contribution >= 4 is 16.3 Å². The molecular formula is C21H21N3. The van der Waals surface area contributed by atoms with E-state index in [1.54, 1.807) is 0 Å². The van der Waals surface area contributed by atoms with Gasteiger partial charge in [-0.25, -0.2) is 0 Å². The van der Waals surface area contributed by atoms with Gasteiger partial charge in [-0.05, 0) is 37.8 Å². The Kier molecular flexibility index (Phi) is 4.71. The van der Waals surface area contributed by atoms with Crippen molar-refractivity contribution in [2.75, 3.05) is 0 Å². The second-order valence-electron chi connectivity index (χ2n) is 5.66. The van der Waals surface area contributed by atoms with Crippen LogP contribution in [0.25, 0.3) is 22.0 Å². The van der Waals surface area contributed by atoms with E-state index in [4.69, 9.17) is 0 Å². The highest BCUT2D eigenvalue weighted by atomic mass is 15.3. The summed E-state index contributed by atoms with van der Waals surface area (Å²) in [5, 5.41) is 11.1. The fourth-order valence-electron chi connectivity index (χ4n) is 2.76. The molecule has 0 aliphatic heterocycles. The van der Waals surface area contributed by atoms with Gasteiger partial charge in [-0.15, -0.1) is 10.2 Å². The van der Waals surface area contributed by atoms with Crippen LogP contribution in [-0.4, -0.2) is 14.8 Å². The Labute approximate surface area is 142 Å². The summed E-state index contributed by atoms with van der Waals surface area (Å²) < 4.78 is 2.12. The average molecular weight is 315 g/mol. The van der Waals surface area contributed by atoms with Gasteiger partial charge in [0.2, 0.25) is 0 Å². The Morgan fingerprint density at radius 3 is 2.58 bits per heavy atom. The number of aromatic nitrogens is 3. The molecular weight excluding hydrogens is 294 g/mol. The lowest BCUT2D eigenvalue weighted by Crippen LogP contribution is -2.02. The SMILES string of the molecule is C/C=C/C=C\C=C(/C)c1nnc(C)n1-c1cccc2ccccc12. The van der Waals surface area contributed by atoms with Gasteiger partial charge in [0.15, 0.2) is 5.82 Å². The van der Waals surface area contributed by atoms with Crippen molar-refractivity contribution in [3.05, 3.63) is 84.5 Å². The predicted molar refractivity (Wildman–Crippen MR) is 101 cm³/mol. The number of rotatable bonds is 4. The van der Waals surface area contributed by atoms with E-state index >= 15 is 0 Å². The quantitative estimate of drug-likeness (QED) is 0.614. The van der Waals surface area contributed by atoms with E-state index in [-0.39, 0.29) is 0 Å². The Morgan fingerprint density at radius 1 is 0.958 bits per heavy atom. The fourth-order valence-corrected chi connectivity index (χ4v) is 2.76. The van der Waals surface area contributed by atoms with Crippen LogP contribution in [0.5, 0.6) is 0 Å². The molecule has 0 radical (unpaired) electrons. The number of nitrogens with zero attached hydrogens (tertiary/aromatic N) is 3. The topological polar surface area (TPSA) is 30.7 Å². The average Bonchev–Trinajstić information content (AvgIpc) is 2.99. The number of fused-ring (bicyclic) bond motifs is 1. The lowest BCUT2D eigenvalue weighted by molar-refractivity contribution is 0.968. The molecule has 2 aromatic carbocycles. The van der Waals surface area contributed by atoms with E-state index in [0.29, 0.717) is 0 Å². The van der Waals surface area contributed by atoms with E-state index < -0.39 is 0 Å². The molecule has 0 atom stereocenters. The third-order valence-electron chi connectivity index (χ3n) is 3.95. The lowest BCUT2D eigenvalue weighted by Gasteiger charge is -2.12. The third kappa shape index (κ3) is 3.06. The number of hydrogen-bond donors (Lipinski definition) is 0. The summed E-state index contributed by atoms with van der Waals surface area (Å²) in [6, 6.07) is 14.7. The van der Waals surface area contributed by atoms with Crippen LogP contribution in [0.2, 0.25) is 0 Å². The number of aryl methyl sites for hydroxylation is 1. The van der Waals surface area contributed by atoms with E-state index in [2.05, 4.69) is 70.2 Å². The van der Waals surface area contributed by atoms with Crippen molar-refractivity contribution in [1.29, 1.82) is 0 Å². The van der Waals surface area contributed by atoms with Gasteiger partial charge < -0.3 is 0 Å². The molecule has 0 bridgehead atoms. The van der Waals surface area contributed by atoms with Crippen LogP contribution in [0.1, 0.15) is 25.5 Å². The monoisotopic (exact) mass is 315 g/mol. The zero-order valence-electron chi connectivity index (χ0n) is 14.3. The minimum absolute atomic E-state index is 0.869. The summed E-state index contributed by atoms with van der Waals surface area (Å²) in [7, 11) is 0. The fraction of sp³-hybridized carbons (Fsp3) is 0.143. The molecule has 0 saturated heterocycles. The molecule has 3 nitrogen and oxygen atoms in total. The minimum atomic E-state index is 0.869. The van der Waals surface area contributed by atoms with Gasteiger partial charge in [0.1, 0.15) is 5.82 Å². The van der Waals surface area contributed by atoms with Crippen LogP contribution in [0, 0.1) is 6.92 Å². The maximum absolute atomic E-state index is 4.39. The summed E-state index contributed by atoms with van der Waals surface area (Å²) in [4.78, 5) is 0. The molecule has 3 aromatic rings. The highest BCUT2D eigenvalue weighted by Crippen LogP contribution is 2.26. The van der Waals surface area contributed by atoms with Crippen LogP contribution in [0.4, 0.5) is 0 Å². The summed E-state index contributed by atoms with van der Waals surface area (Å²) in [6.07, 6.45) is 10.1. The zero-order chi connectivity index (χ0) is 16.9. The Balaban J connectivity index is 2.14. The van der Waals surface area contributed by atoms with Crippen molar-refractivity contribution < 1.29 is 0 Å². The zero-order valence-corrected chi connectivity index (χ0v) is 14.3. The maximum Gasteiger partial charge on any atom is 0.164 e. The third-order valence-corrected chi connectivity index (χ3v) is 3.95. The molecule has 0 unspecified atom stereocenters. The normalized spacial score (nSPS) is 12.7. The molecule has 0 aliphatic rings. The standard InChI is InChI=1S/C21H21N3/c1-4-5-6-7-11-16(2)21-23-22-17(3)24(21)20-15-10-13-18-12-8-9-14-19(18)20/h4-15H,1-3H3/b5-4+,7-6-,16-11+. The summed E-state index contributed by atoms with van der Waals surface area (Å²) in [6.45, 7) is 6.05. The minimum Gasteiger partial charge on any atom is -0.279 e. The Hall–Kier alpha value is -2.94. The maximum atomic E-state index is 4.39. The van der Waals surface area contributed by atoms with Gasteiger partial charge >= 0.3 is 0 Å². The molecule has 120 valence electrons. The molecule has 0 N–H and O–H groups in total. The van der Waals surface area contributed by atoms with Gasteiger partial charge in [0.25, 0.3) is 0 Å². The van der Waals surface area contributed by atoms with Gasteiger partial charge in [-0.2, -0.15) is 0 Å². The highest BCUT2D eigenvalue weighted by molar-refractivity contribution is 5.90. The van der Waals surface area contributed by atoms with Crippen molar-refractivity contribution in [1.82, 2.24) is 14.8 Å². The summed E-state index contributed by atoms with van der Waals surface area (Å²) >= 11 is 0. The van der Waals surface area contributed by atoms with Crippen LogP contribution < -0.4 is 0 Å². The first-order chi connectivity index (χ1) is 11.7. The van der Waals surface area contributed by atoms with Crippen LogP contribution in [0.3, 0.4) is 0 Å². The van der Waals surface area contributed by atoms with Crippen molar-refractivity contribution in [3.63, 3.8) is 0 Å². The molecule has 0 spiro atoms. The molecule has 1 aromatic heterocycles. The first kappa shape index (κ1) is 15.9. The van der Waals surface area contributed by atoms with Gasteiger partial charge in [0, 0.05) is 5.39 Å². The second-order valence-corrected chi connectivity index (χ2v) is 5.66. The smallest absolute Gasteiger partial charge is 0.164 e. The molecule has 3 rings (SSSR count). The van der Waals surface area contributed by atoms with E-state index in [1.807, 2.05) is 38.2 Å². The van der Waals surface area contributed by atoms with Crippen LogP contribution in [0.15, 0.2) is 72.8 Å². The van der Waals surface area contributed by atoms with Crippen LogP contribution >= 0.6 is 0 Å². The molecule has 24 heavy (non-hydrogen) atoms. The van der Waals surface area contributed by atoms with Crippen molar-refractivity contribution in [2.24, 2.45) is 0 Å². The van der Waals surface area contributed by atoms with Gasteiger partial charge in [-0.3, -0.25) is 4.57 Å². The first-order valence-electron chi connectivity index (χ1n) is 8.09. The predicted octanol–water partition coefficient (Wildman–Crippen LogP) is 5.26. The van der Waals surface area contributed by atoms with Crippen molar-refractivity contribution in [2.45, 2.75) is 20.8 Å². The van der Waals surface area contributed by atoms with Crippen molar-refractivity contribution in [3.8, 4) is 5.69 Å². The molecule has 0 fully saturated rings. The number of benzene rings is 2. The van der Waals surface area contributed by atoms with Crippen LogP contribution in [-0.2, 0) is 0 Å². The number of hydrogen-bond acceptors (Lipinski definition) is 2. The number of allylic oxidation sites excluding steroid dienone is 6. The molecule has 0 saturated carbocycles. The van der Waals surface area contributed by atoms with E-state index in [0.717, 1.165) is 22.9 Å². The Morgan fingerprint density at radius 2 is 1.75 bits per heavy atom. The molecule has 0 aliphatic carbocycles. The second kappa shape index (κ2) is 7.09. The highest BCUT2D eigenvalue weighted by Gasteiger charge is 2.13. The summed E-state index contributed by atoms with van der Waals surface area (Å²) in [5.74, 6) is 1.75. The van der Waals surface area contributed by atoms with Gasteiger partial charge in [-0.1, -0.05) is 66.8 Å². The Bertz CT molecular complexity index is 937. The van der Waals surface area contributed by atoms with E-state index in [9.17, 15) is 0 Å². The largest absolute Gasteiger partial charge is 0.279 e. The molecule has 1 heterocycles. The lowest BCUT2D eigenvalue weighted by atomic mass is 10.1. The summed E-state index contributed by atoms with van der Waals surface area (Å²) in [5.41, 5.74) is 2.18.